The molecule has 3 aromatic rings. The third kappa shape index (κ3) is 4.17. The minimum atomic E-state index is -0.578. The highest BCUT2D eigenvalue weighted by atomic mass is 35.5. The predicted molar refractivity (Wildman–Crippen MR) is 108 cm³/mol. The molecule has 1 aromatic heterocycles. The summed E-state index contributed by atoms with van der Waals surface area (Å²) in [6, 6.07) is 8.70. The average Bonchev–Trinajstić information content (AvgIpc) is 2.70. The second-order valence-electron chi connectivity index (χ2n) is 5.61. The number of carbonyl (C=O) groups excluding carboxylic acids is 1. The molecule has 0 spiro atoms. The highest BCUT2D eigenvalue weighted by molar-refractivity contribution is 6.33. The van der Waals surface area contributed by atoms with Crippen molar-refractivity contribution in [2.45, 2.75) is 6.92 Å². The van der Waals surface area contributed by atoms with Crippen LogP contribution in [0.2, 0.25) is 5.02 Å². The summed E-state index contributed by atoms with van der Waals surface area (Å²) < 4.78 is 15.6. The normalized spacial score (nSPS) is 10.4. The highest BCUT2D eigenvalue weighted by Gasteiger charge is 2.12. The number of anilines is 3. The molecule has 0 aliphatic carbocycles. The topological polar surface area (TPSA) is 94.6 Å². The van der Waals surface area contributed by atoms with Crippen molar-refractivity contribution in [2.75, 3.05) is 31.5 Å². The van der Waals surface area contributed by atoms with Crippen molar-refractivity contribution >= 4 is 45.8 Å². The predicted octanol–water partition coefficient (Wildman–Crippen LogP) is 4.61. The van der Waals surface area contributed by atoms with Gasteiger partial charge in [0.1, 0.15) is 12.1 Å². The summed E-state index contributed by atoms with van der Waals surface area (Å²) >= 11 is 6.16. The maximum atomic E-state index is 11.7. The van der Waals surface area contributed by atoms with Gasteiger partial charge in [0.25, 0.3) is 0 Å². The number of aromatic nitrogens is 2. The second-order valence-corrected chi connectivity index (χ2v) is 6.02. The zero-order chi connectivity index (χ0) is 20.1. The molecule has 0 fully saturated rings. The molecule has 0 saturated carbocycles. The number of nitrogens with one attached hydrogen (secondary N) is 2. The van der Waals surface area contributed by atoms with E-state index in [4.69, 9.17) is 25.8 Å². The maximum absolute atomic E-state index is 11.7. The maximum Gasteiger partial charge on any atom is 0.411 e. The first kappa shape index (κ1) is 19.5. The van der Waals surface area contributed by atoms with Crippen LogP contribution in [-0.2, 0) is 4.74 Å². The lowest BCUT2D eigenvalue weighted by atomic mass is 10.2. The number of carbonyl (C=O) groups is 1. The van der Waals surface area contributed by atoms with Crippen molar-refractivity contribution in [2.24, 2.45) is 0 Å². The lowest BCUT2D eigenvalue weighted by molar-refractivity contribution is 0.168. The van der Waals surface area contributed by atoms with Crippen LogP contribution in [0, 0.1) is 0 Å². The summed E-state index contributed by atoms with van der Waals surface area (Å²) in [5, 5.41) is 6.95. The van der Waals surface area contributed by atoms with Gasteiger partial charge in [0, 0.05) is 17.1 Å². The van der Waals surface area contributed by atoms with E-state index < -0.39 is 6.09 Å². The first-order valence-electron chi connectivity index (χ1n) is 8.42. The van der Waals surface area contributed by atoms with Crippen molar-refractivity contribution in [3.63, 3.8) is 0 Å². The molecule has 1 heterocycles. The molecule has 0 radical (unpaired) electrons. The van der Waals surface area contributed by atoms with Crippen molar-refractivity contribution in [3.05, 3.63) is 41.7 Å². The number of methoxy groups -OCH3 is 2. The molecular weight excluding hydrogens is 384 g/mol. The van der Waals surface area contributed by atoms with Gasteiger partial charge in [-0.2, -0.15) is 0 Å². The van der Waals surface area contributed by atoms with E-state index in [9.17, 15) is 4.79 Å². The molecule has 0 aliphatic rings. The Bertz CT molecular complexity index is 1010. The van der Waals surface area contributed by atoms with Crippen molar-refractivity contribution in [1.82, 2.24) is 9.97 Å². The number of fused-ring (bicyclic) bond motifs is 1. The fourth-order valence-electron chi connectivity index (χ4n) is 2.60. The van der Waals surface area contributed by atoms with Gasteiger partial charge in [-0.05, 0) is 31.2 Å². The first-order chi connectivity index (χ1) is 13.5. The van der Waals surface area contributed by atoms with Gasteiger partial charge in [-0.25, -0.2) is 14.8 Å². The number of hydrogen-bond donors (Lipinski definition) is 2. The molecule has 0 saturated heterocycles. The Morgan fingerprint density at radius 2 is 1.86 bits per heavy atom. The summed E-state index contributed by atoms with van der Waals surface area (Å²) in [5.41, 5.74) is 1.78. The van der Waals surface area contributed by atoms with Gasteiger partial charge in [0.15, 0.2) is 11.5 Å². The van der Waals surface area contributed by atoms with Gasteiger partial charge >= 0.3 is 6.09 Å². The standard InChI is InChI=1S/C19H19ClN4O4/c1-4-28-19(25)24-15-7-11(5-6-13(15)20)23-18-12-8-16(26-2)17(27-3)9-14(12)21-10-22-18/h5-10H,4H2,1-3H3,(H,24,25)(H,21,22,23). The lowest BCUT2D eigenvalue weighted by Crippen LogP contribution is -2.13. The quantitative estimate of drug-likeness (QED) is 0.621. The van der Waals surface area contributed by atoms with E-state index in [0.29, 0.717) is 39.2 Å². The van der Waals surface area contributed by atoms with Gasteiger partial charge in [-0.3, -0.25) is 5.32 Å². The molecule has 8 nitrogen and oxygen atoms in total. The average molecular weight is 403 g/mol. The summed E-state index contributed by atoms with van der Waals surface area (Å²) in [4.78, 5) is 20.3. The molecule has 28 heavy (non-hydrogen) atoms. The van der Waals surface area contributed by atoms with E-state index in [-0.39, 0.29) is 6.61 Å². The van der Waals surface area contributed by atoms with E-state index in [2.05, 4.69) is 20.6 Å². The molecule has 1 amide bonds. The van der Waals surface area contributed by atoms with Crippen LogP contribution in [0.4, 0.5) is 22.0 Å². The molecule has 2 aromatic carbocycles. The summed E-state index contributed by atoms with van der Waals surface area (Å²) in [6.45, 7) is 1.99. The van der Waals surface area contributed by atoms with Crippen LogP contribution in [0.5, 0.6) is 11.5 Å². The Hall–Kier alpha value is -3.26. The van der Waals surface area contributed by atoms with Crippen LogP contribution >= 0.6 is 11.6 Å². The number of nitrogens with zero attached hydrogens (tertiary/aromatic N) is 2. The number of rotatable bonds is 6. The number of ether oxygens (including phenoxy) is 3. The van der Waals surface area contributed by atoms with E-state index >= 15 is 0 Å². The molecule has 9 heteroatoms. The number of halogens is 1. The van der Waals surface area contributed by atoms with E-state index in [1.165, 1.54) is 6.33 Å². The Balaban J connectivity index is 1.95. The van der Waals surface area contributed by atoms with E-state index in [0.717, 1.165) is 5.39 Å². The van der Waals surface area contributed by atoms with Crippen LogP contribution < -0.4 is 20.1 Å². The lowest BCUT2D eigenvalue weighted by Gasteiger charge is -2.13. The zero-order valence-corrected chi connectivity index (χ0v) is 16.3. The summed E-state index contributed by atoms with van der Waals surface area (Å²) in [5.74, 6) is 1.70. The summed E-state index contributed by atoms with van der Waals surface area (Å²) in [6.07, 6.45) is 0.871. The molecular formula is C19H19ClN4O4. The van der Waals surface area contributed by atoms with Crippen LogP contribution in [0.3, 0.4) is 0 Å². The number of benzene rings is 2. The molecule has 146 valence electrons. The Kier molecular flexibility index (Phi) is 6.00. The minimum absolute atomic E-state index is 0.264. The Morgan fingerprint density at radius 3 is 2.57 bits per heavy atom. The zero-order valence-electron chi connectivity index (χ0n) is 15.6. The van der Waals surface area contributed by atoms with Crippen LogP contribution in [0.25, 0.3) is 10.9 Å². The van der Waals surface area contributed by atoms with Crippen LogP contribution in [0.15, 0.2) is 36.7 Å². The molecule has 3 rings (SSSR count). The van der Waals surface area contributed by atoms with Gasteiger partial charge < -0.3 is 19.5 Å². The first-order valence-corrected chi connectivity index (χ1v) is 8.80. The van der Waals surface area contributed by atoms with E-state index in [1.54, 1.807) is 51.5 Å². The molecule has 0 atom stereocenters. The van der Waals surface area contributed by atoms with Crippen molar-refractivity contribution in [1.29, 1.82) is 0 Å². The van der Waals surface area contributed by atoms with Gasteiger partial charge in [-0.1, -0.05) is 11.6 Å². The highest BCUT2D eigenvalue weighted by Crippen LogP contribution is 2.35. The fraction of sp³-hybridized carbons (Fsp3) is 0.211. The fourth-order valence-corrected chi connectivity index (χ4v) is 2.76. The molecule has 2 N–H and O–H groups in total. The van der Waals surface area contributed by atoms with Crippen LogP contribution in [0.1, 0.15) is 6.92 Å². The third-order valence-corrected chi connectivity index (χ3v) is 4.21. The van der Waals surface area contributed by atoms with Gasteiger partial charge in [0.05, 0.1) is 37.1 Å². The van der Waals surface area contributed by atoms with Gasteiger partial charge in [-0.15, -0.1) is 0 Å². The largest absolute Gasteiger partial charge is 0.493 e. The van der Waals surface area contributed by atoms with Gasteiger partial charge in [0.2, 0.25) is 0 Å². The SMILES string of the molecule is CCOC(=O)Nc1cc(Nc2ncnc3cc(OC)c(OC)cc23)ccc1Cl. The smallest absolute Gasteiger partial charge is 0.411 e. The third-order valence-electron chi connectivity index (χ3n) is 3.88. The van der Waals surface area contributed by atoms with E-state index in [1.807, 2.05) is 0 Å². The minimum Gasteiger partial charge on any atom is -0.493 e. The molecule has 0 aliphatic heterocycles. The van der Waals surface area contributed by atoms with Crippen LogP contribution in [-0.4, -0.2) is 36.9 Å². The number of amides is 1. The monoisotopic (exact) mass is 402 g/mol. The Morgan fingerprint density at radius 1 is 1.11 bits per heavy atom. The Labute approximate surface area is 166 Å². The molecule has 0 bridgehead atoms. The summed E-state index contributed by atoms with van der Waals surface area (Å²) in [7, 11) is 3.13. The number of hydrogen-bond acceptors (Lipinski definition) is 7. The van der Waals surface area contributed by atoms with Crippen molar-refractivity contribution in [3.8, 4) is 11.5 Å². The van der Waals surface area contributed by atoms with Crippen molar-refractivity contribution < 1.29 is 19.0 Å². The second kappa shape index (κ2) is 8.62. The molecule has 0 unspecified atom stereocenters.